The lowest BCUT2D eigenvalue weighted by Crippen LogP contribution is -2.12. The molecule has 0 saturated carbocycles. The molecule has 0 amide bonds. The molecule has 4 nitrogen and oxygen atoms in total. The van der Waals surface area contributed by atoms with Crippen LogP contribution in [0, 0.1) is 15.5 Å². The number of aliphatic hydroxyl groups is 1. The van der Waals surface area contributed by atoms with Crippen LogP contribution in [0.1, 0.15) is 38.9 Å². The normalized spacial score (nSPS) is 13.5. The van der Waals surface area contributed by atoms with Gasteiger partial charge in [-0.25, -0.2) is 0 Å². The summed E-state index contributed by atoms with van der Waals surface area (Å²) in [4.78, 5) is 10.3. The summed E-state index contributed by atoms with van der Waals surface area (Å²) in [5.74, 6) is 0. The molecule has 1 aromatic carbocycles. The number of benzene rings is 1. The molecule has 0 aliphatic heterocycles. The summed E-state index contributed by atoms with van der Waals surface area (Å²) < 4.78 is 0. The van der Waals surface area contributed by atoms with E-state index in [1.54, 1.807) is 18.2 Å². The predicted molar refractivity (Wildman–Crippen MR) is 62.1 cm³/mol. The monoisotopic (exact) mass is 223 g/mol. The maximum atomic E-state index is 10.8. The molecule has 0 aliphatic rings. The summed E-state index contributed by atoms with van der Waals surface area (Å²) in [6.45, 7) is 5.97. The first-order valence-corrected chi connectivity index (χ1v) is 5.22. The molecule has 0 bridgehead atoms. The summed E-state index contributed by atoms with van der Waals surface area (Å²) >= 11 is 0. The molecule has 0 saturated heterocycles. The summed E-state index contributed by atoms with van der Waals surface area (Å²) in [6.07, 6.45) is -0.292. The van der Waals surface area contributed by atoms with E-state index in [-0.39, 0.29) is 11.1 Å². The second kappa shape index (κ2) is 4.61. The molecule has 0 spiro atoms. The molecule has 0 radical (unpaired) electrons. The number of para-hydroxylation sites is 1. The molecule has 4 heteroatoms. The minimum absolute atomic E-state index is 0.0146. The van der Waals surface area contributed by atoms with Gasteiger partial charge >= 0.3 is 0 Å². The van der Waals surface area contributed by atoms with Crippen LogP contribution in [0.15, 0.2) is 24.3 Å². The number of hydrogen-bond donors (Lipinski definition) is 1. The van der Waals surface area contributed by atoms with Crippen molar-refractivity contribution in [3.8, 4) is 0 Å². The van der Waals surface area contributed by atoms with Crippen LogP contribution in [0.2, 0.25) is 0 Å². The Kier molecular flexibility index (Phi) is 3.65. The van der Waals surface area contributed by atoms with E-state index in [0.717, 1.165) is 0 Å². The van der Waals surface area contributed by atoms with E-state index in [9.17, 15) is 15.2 Å². The number of nitro benzene ring substituents is 1. The zero-order valence-electron chi connectivity index (χ0n) is 9.80. The lowest BCUT2D eigenvalue weighted by Gasteiger charge is -2.22. The zero-order valence-corrected chi connectivity index (χ0v) is 9.80. The van der Waals surface area contributed by atoms with Crippen LogP contribution in [0.4, 0.5) is 5.69 Å². The van der Waals surface area contributed by atoms with Gasteiger partial charge in [-0.05, 0) is 17.9 Å². The maximum absolute atomic E-state index is 10.8. The van der Waals surface area contributed by atoms with Crippen LogP contribution >= 0.6 is 0 Å². The van der Waals surface area contributed by atoms with Gasteiger partial charge in [-0.1, -0.05) is 32.9 Å². The second-order valence-electron chi connectivity index (χ2n) is 5.10. The standard InChI is InChI=1S/C12H17NO3/c1-12(2,3)8-11(14)9-6-4-5-7-10(9)13(15)16/h4-7,11,14H,8H2,1-3H3/t11-/m0/s1. The van der Waals surface area contributed by atoms with Crippen molar-refractivity contribution in [2.75, 3.05) is 0 Å². The van der Waals surface area contributed by atoms with Gasteiger partial charge in [0.25, 0.3) is 5.69 Å². The Morgan fingerprint density at radius 1 is 1.38 bits per heavy atom. The zero-order chi connectivity index (χ0) is 12.3. The Bertz CT molecular complexity index is 382. The first-order valence-electron chi connectivity index (χ1n) is 5.22. The SMILES string of the molecule is CC(C)(C)C[C@H](O)c1ccccc1[N+](=O)[O-]. The molecule has 88 valence electrons. The molecule has 0 heterocycles. The minimum Gasteiger partial charge on any atom is -0.388 e. The quantitative estimate of drug-likeness (QED) is 0.632. The number of nitrogens with zero attached hydrogens (tertiary/aromatic N) is 1. The van der Waals surface area contributed by atoms with Gasteiger partial charge in [0.05, 0.1) is 16.6 Å². The van der Waals surface area contributed by atoms with Gasteiger partial charge in [0, 0.05) is 6.07 Å². The molecule has 1 N–H and O–H groups in total. The van der Waals surface area contributed by atoms with Crippen molar-refractivity contribution in [1.82, 2.24) is 0 Å². The van der Waals surface area contributed by atoms with E-state index in [1.807, 2.05) is 20.8 Å². The highest BCUT2D eigenvalue weighted by Crippen LogP contribution is 2.33. The van der Waals surface area contributed by atoms with Gasteiger partial charge < -0.3 is 5.11 Å². The molecule has 0 unspecified atom stereocenters. The summed E-state index contributed by atoms with van der Waals surface area (Å²) in [5, 5.41) is 20.8. The van der Waals surface area contributed by atoms with Gasteiger partial charge in [0.15, 0.2) is 0 Å². The highest BCUT2D eigenvalue weighted by Gasteiger charge is 2.24. The molecule has 1 atom stereocenters. The summed E-state index contributed by atoms with van der Waals surface area (Å²) in [6, 6.07) is 6.33. The van der Waals surface area contributed by atoms with E-state index < -0.39 is 11.0 Å². The van der Waals surface area contributed by atoms with Crippen molar-refractivity contribution < 1.29 is 10.0 Å². The average Bonchev–Trinajstić information content (AvgIpc) is 2.15. The van der Waals surface area contributed by atoms with Gasteiger partial charge in [-0.15, -0.1) is 0 Å². The van der Waals surface area contributed by atoms with Crippen molar-refractivity contribution in [3.05, 3.63) is 39.9 Å². The van der Waals surface area contributed by atoms with E-state index in [2.05, 4.69) is 0 Å². The van der Waals surface area contributed by atoms with Crippen LogP contribution < -0.4 is 0 Å². The third-order valence-electron chi connectivity index (χ3n) is 2.30. The molecule has 16 heavy (non-hydrogen) atoms. The Labute approximate surface area is 95.1 Å². The minimum atomic E-state index is -0.790. The first kappa shape index (κ1) is 12.6. The van der Waals surface area contributed by atoms with Crippen molar-refractivity contribution in [2.24, 2.45) is 5.41 Å². The first-order chi connectivity index (χ1) is 7.31. The van der Waals surface area contributed by atoms with Crippen LogP contribution in [-0.2, 0) is 0 Å². The third kappa shape index (κ3) is 3.31. The predicted octanol–water partition coefficient (Wildman–Crippen LogP) is 3.06. The molecular formula is C12H17NO3. The molecule has 0 aliphatic carbocycles. The maximum Gasteiger partial charge on any atom is 0.275 e. The fourth-order valence-electron chi connectivity index (χ4n) is 1.63. The molecule has 1 aromatic rings. The largest absolute Gasteiger partial charge is 0.388 e. The number of hydrogen-bond acceptors (Lipinski definition) is 3. The third-order valence-corrected chi connectivity index (χ3v) is 2.30. The Balaban J connectivity index is 2.99. The van der Waals surface area contributed by atoms with Crippen molar-refractivity contribution in [3.63, 3.8) is 0 Å². The molecule has 0 fully saturated rings. The summed E-state index contributed by atoms with van der Waals surface area (Å²) in [5.41, 5.74) is 0.310. The number of rotatable bonds is 3. The van der Waals surface area contributed by atoms with Gasteiger partial charge in [0.2, 0.25) is 0 Å². The topological polar surface area (TPSA) is 63.4 Å². The lowest BCUT2D eigenvalue weighted by molar-refractivity contribution is -0.386. The van der Waals surface area contributed by atoms with Gasteiger partial charge in [-0.3, -0.25) is 10.1 Å². The van der Waals surface area contributed by atoms with Crippen molar-refractivity contribution in [2.45, 2.75) is 33.3 Å². The smallest absolute Gasteiger partial charge is 0.275 e. The van der Waals surface area contributed by atoms with Crippen LogP contribution in [0.25, 0.3) is 0 Å². The van der Waals surface area contributed by atoms with Crippen LogP contribution in [0.3, 0.4) is 0 Å². The average molecular weight is 223 g/mol. The van der Waals surface area contributed by atoms with Crippen molar-refractivity contribution >= 4 is 5.69 Å². The second-order valence-corrected chi connectivity index (χ2v) is 5.10. The highest BCUT2D eigenvalue weighted by atomic mass is 16.6. The molecule has 0 aromatic heterocycles. The van der Waals surface area contributed by atoms with E-state index in [0.29, 0.717) is 12.0 Å². The van der Waals surface area contributed by atoms with Crippen LogP contribution in [0.5, 0.6) is 0 Å². The van der Waals surface area contributed by atoms with Gasteiger partial charge in [-0.2, -0.15) is 0 Å². The Morgan fingerprint density at radius 2 is 1.94 bits per heavy atom. The highest BCUT2D eigenvalue weighted by molar-refractivity contribution is 5.41. The van der Waals surface area contributed by atoms with E-state index in [1.165, 1.54) is 6.07 Å². The molecular weight excluding hydrogens is 206 g/mol. The fraction of sp³-hybridized carbons (Fsp3) is 0.500. The Morgan fingerprint density at radius 3 is 2.44 bits per heavy atom. The van der Waals surface area contributed by atoms with E-state index in [4.69, 9.17) is 0 Å². The van der Waals surface area contributed by atoms with Crippen molar-refractivity contribution in [1.29, 1.82) is 0 Å². The Hall–Kier alpha value is -1.42. The number of nitro groups is 1. The fourth-order valence-corrected chi connectivity index (χ4v) is 1.63. The van der Waals surface area contributed by atoms with Crippen LogP contribution in [-0.4, -0.2) is 10.0 Å². The summed E-state index contributed by atoms with van der Waals surface area (Å²) in [7, 11) is 0. The molecule has 1 rings (SSSR count). The lowest BCUT2D eigenvalue weighted by atomic mass is 9.86. The van der Waals surface area contributed by atoms with E-state index >= 15 is 0 Å². The number of aliphatic hydroxyl groups excluding tert-OH is 1. The van der Waals surface area contributed by atoms with Gasteiger partial charge in [0.1, 0.15) is 0 Å².